The van der Waals surface area contributed by atoms with Gasteiger partial charge in [-0.2, -0.15) is 0 Å². The van der Waals surface area contributed by atoms with Gasteiger partial charge in [0.1, 0.15) is 0 Å². The van der Waals surface area contributed by atoms with E-state index < -0.39 is 10.0 Å². The lowest BCUT2D eigenvalue weighted by molar-refractivity contribution is 0.527. The van der Waals surface area contributed by atoms with Crippen LogP contribution in [0, 0.1) is 5.92 Å². The number of benzene rings is 1. The Kier molecular flexibility index (Phi) is 5.16. The molecule has 0 unspecified atom stereocenters. The van der Waals surface area contributed by atoms with Gasteiger partial charge in [0.25, 0.3) is 0 Å². The van der Waals surface area contributed by atoms with E-state index in [1.54, 1.807) is 19.1 Å². The molecular weight excluding hydrogens is 248 g/mol. The molecule has 3 N–H and O–H groups in total. The van der Waals surface area contributed by atoms with E-state index in [-0.39, 0.29) is 11.8 Å². The lowest BCUT2D eigenvalue weighted by atomic mass is 10.1. The van der Waals surface area contributed by atoms with Crippen LogP contribution in [0.5, 0.6) is 0 Å². The Bertz CT molecular complexity index is 484. The van der Waals surface area contributed by atoms with Gasteiger partial charge in [0.05, 0.1) is 5.25 Å². The minimum atomic E-state index is -3.26. The van der Waals surface area contributed by atoms with Crippen LogP contribution in [0.15, 0.2) is 24.3 Å². The number of nitrogen functional groups attached to an aromatic ring is 1. The van der Waals surface area contributed by atoms with E-state index in [1.807, 2.05) is 26.0 Å². The van der Waals surface area contributed by atoms with Gasteiger partial charge < -0.3 is 5.73 Å². The summed E-state index contributed by atoms with van der Waals surface area (Å²) in [4.78, 5) is 0. The van der Waals surface area contributed by atoms with Crippen LogP contribution in [0.3, 0.4) is 0 Å². The Labute approximate surface area is 110 Å². The van der Waals surface area contributed by atoms with Crippen molar-refractivity contribution in [3.63, 3.8) is 0 Å². The highest BCUT2D eigenvalue weighted by Crippen LogP contribution is 2.12. The molecule has 0 heterocycles. The van der Waals surface area contributed by atoms with Crippen LogP contribution in [0.2, 0.25) is 0 Å². The smallest absolute Gasteiger partial charge is 0.214 e. The summed E-state index contributed by atoms with van der Waals surface area (Å²) >= 11 is 0. The van der Waals surface area contributed by atoms with Crippen LogP contribution in [0.25, 0.3) is 0 Å². The molecule has 0 saturated heterocycles. The van der Waals surface area contributed by atoms with Crippen molar-refractivity contribution in [2.24, 2.45) is 5.92 Å². The Balaban J connectivity index is 2.62. The maximum absolute atomic E-state index is 12.0. The van der Waals surface area contributed by atoms with Crippen molar-refractivity contribution in [1.82, 2.24) is 4.72 Å². The minimum absolute atomic E-state index is 0.288. The molecule has 1 rings (SSSR count). The summed E-state index contributed by atoms with van der Waals surface area (Å²) in [6.07, 6.45) is 0.659. The Morgan fingerprint density at radius 2 is 1.94 bits per heavy atom. The van der Waals surface area contributed by atoms with Crippen molar-refractivity contribution >= 4 is 15.7 Å². The van der Waals surface area contributed by atoms with Gasteiger partial charge in [-0.3, -0.25) is 0 Å². The molecule has 1 atom stereocenters. The second-order valence-corrected chi connectivity index (χ2v) is 7.23. The first kappa shape index (κ1) is 15.0. The molecule has 102 valence electrons. The first-order valence-corrected chi connectivity index (χ1v) is 7.69. The fourth-order valence-electron chi connectivity index (χ4n) is 1.82. The zero-order chi connectivity index (χ0) is 13.8. The quantitative estimate of drug-likeness (QED) is 0.778. The summed E-state index contributed by atoms with van der Waals surface area (Å²) in [6.45, 7) is 6.06. The minimum Gasteiger partial charge on any atom is -0.399 e. The van der Waals surface area contributed by atoms with Crippen molar-refractivity contribution in [3.05, 3.63) is 29.8 Å². The number of nitrogens with two attached hydrogens (primary N) is 1. The number of nitrogens with one attached hydrogen (secondary N) is 1. The maximum Gasteiger partial charge on any atom is 0.214 e. The molecule has 0 bridgehead atoms. The molecule has 0 spiro atoms. The van der Waals surface area contributed by atoms with E-state index in [1.165, 1.54) is 0 Å². The van der Waals surface area contributed by atoms with Gasteiger partial charge in [-0.05, 0) is 37.0 Å². The van der Waals surface area contributed by atoms with Crippen LogP contribution in [0.4, 0.5) is 5.69 Å². The fourth-order valence-corrected chi connectivity index (χ4v) is 3.11. The Morgan fingerprint density at radius 1 is 1.28 bits per heavy atom. The summed E-state index contributed by atoms with van der Waals surface area (Å²) in [6, 6.07) is 7.22. The van der Waals surface area contributed by atoms with Crippen LogP contribution < -0.4 is 10.5 Å². The lowest BCUT2D eigenvalue weighted by Gasteiger charge is -2.15. The van der Waals surface area contributed by atoms with Gasteiger partial charge in [0, 0.05) is 12.2 Å². The van der Waals surface area contributed by atoms with Gasteiger partial charge >= 0.3 is 0 Å². The van der Waals surface area contributed by atoms with Gasteiger partial charge in [-0.25, -0.2) is 13.1 Å². The van der Waals surface area contributed by atoms with E-state index in [0.29, 0.717) is 18.0 Å². The SMILES string of the molecule is CC(C)C[C@@H](C)S(=O)(=O)NCc1cccc(N)c1. The second kappa shape index (κ2) is 6.20. The molecule has 18 heavy (non-hydrogen) atoms. The van der Waals surface area contributed by atoms with Gasteiger partial charge in [-0.1, -0.05) is 26.0 Å². The van der Waals surface area contributed by atoms with E-state index in [9.17, 15) is 8.42 Å². The van der Waals surface area contributed by atoms with Crippen molar-refractivity contribution in [1.29, 1.82) is 0 Å². The molecule has 1 aromatic carbocycles. The second-order valence-electron chi connectivity index (χ2n) is 5.05. The molecular formula is C13H22N2O2S. The van der Waals surface area contributed by atoms with Gasteiger partial charge in [0.15, 0.2) is 0 Å². The summed E-state index contributed by atoms with van der Waals surface area (Å²) in [5, 5.41) is -0.376. The van der Waals surface area contributed by atoms with E-state index in [4.69, 9.17) is 5.73 Å². The third kappa shape index (κ3) is 4.66. The van der Waals surface area contributed by atoms with Gasteiger partial charge in [-0.15, -0.1) is 0 Å². The highest BCUT2D eigenvalue weighted by atomic mass is 32.2. The number of hydrogen-bond donors (Lipinski definition) is 2. The molecule has 0 aliphatic rings. The first-order valence-electron chi connectivity index (χ1n) is 6.14. The van der Waals surface area contributed by atoms with Crippen LogP contribution in [-0.4, -0.2) is 13.7 Å². The molecule has 1 aromatic rings. The van der Waals surface area contributed by atoms with Crippen molar-refractivity contribution < 1.29 is 8.42 Å². The van der Waals surface area contributed by atoms with Gasteiger partial charge in [0.2, 0.25) is 10.0 Å². The number of rotatable bonds is 6. The van der Waals surface area contributed by atoms with E-state index >= 15 is 0 Å². The topological polar surface area (TPSA) is 72.2 Å². The van der Waals surface area contributed by atoms with Crippen LogP contribution in [0.1, 0.15) is 32.8 Å². The highest BCUT2D eigenvalue weighted by molar-refractivity contribution is 7.90. The zero-order valence-electron chi connectivity index (χ0n) is 11.2. The van der Waals surface area contributed by atoms with Crippen molar-refractivity contribution in [3.8, 4) is 0 Å². The average molecular weight is 270 g/mol. The normalized spacial score (nSPS) is 13.8. The molecule has 0 saturated carbocycles. The summed E-state index contributed by atoms with van der Waals surface area (Å²) in [7, 11) is -3.26. The third-order valence-electron chi connectivity index (χ3n) is 2.76. The predicted octanol–water partition coefficient (Wildman–Crippen LogP) is 2.12. The fraction of sp³-hybridized carbons (Fsp3) is 0.538. The summed E-state index contributed by atoms with van der Waals surface area (Å²) < 4.78 is 26.6. The zero-order valence-corrected chi connectivity index (χ0v) is 12.0. The monoisotopic (exact) mass is 270 g/mol. The number of sulfonamides is 1. The molecule has 0 aromatic heterocycles. The molecule has 0 aliphatic carbocycles. The van der Waals surface area contributed by atoms with Crippen LogP contribution >= 0.6 is 0 Å². The molecule has 4 nitrogen and oxygen atoms in total. The molecule has 5 heteroatoms. The predicted molar refractivity (Wildman–Crippen MR) is 75.5 cm³/mol. The number of anilines is 1. The third-order valence-corrected chi connectivity index (χ3v) is 4.56. The molecule has 0 aliphatic heterocycles. The highest BCUT2D eigenvalue weighted by Gasteiger charge is 2.20. The molecule has 0 amide bonds. The maximum atomic E-state index is 12.0. The Hall–Kier alpha value is -1.07. The van der Waals surface area contributed by atoms with Crippen molar-refractivity contribution in [2.75, 3.05) is 5.73 Å². The van der Waals surface area contributed by atoms with E-state index in [0.717, 1.165) is 5.56 Å². The molecule has 0 radical (unpaired) electrons. The first-order chi connectivity index (χ1) is 8.31. The molecule has 0 fully saturated rings. The largest absolute Gasteiger partial charge is 0.399 e. The standard InChI is InChI=1S/C13H22N2O2S/c1-10(2)7-11(3)18(16,17)15-9-12-5-4-6-13(14)8-12/h4-6,8,10-11,15H,7,9,14H2,1-3H3/t11-/m1/s1. The summed E-state index contributed by atoms with van der Waals surface area (Å²) in [5.41, 5.74) is 7.16. The number of hydrogen-bond acceptors (Lipinski definition) is 3. The average Bonchev–Trinajstić information content (AvgIpc) is 2.26. The lowest BCUT2D eigenvalue weighted by Crippen LogP contribution is -2.33. The van der Waals surface area contributed by atoms with E-state index in [2.05, 4.69) is 4.72 Å². The Morgan fingerprint density at radius 3 is 2.50 bits per heavy atom. The van der Waals surface area contributed by atoms with Crippen molar-refractivity contribution in [2.45, 2.75) is 39.0 Å². The van der Waals surface area contributed by atoms with Crippen LogP contribution in [-0.2, 0) is 16.6 Å². The summed E-state index contributed by atoms with van der Waals surface area (Å²) in [5.74, 6) is 0.365.